The number of halogens is 1. The average Bonchev–Trinajstić information content (AvgIpc) is 2.57. The second kappa shape index (κ2) is 7.12. The highest BCUT2D eigenvalue weighted by Gasteiger charge is 2.11. The Hall–Kier alpha value is -2.89. The Kier molecular flexibility index (Phi) is 4.74. The molecule has 0 amide bonds. The van der Waals surface area contributed by atoms with Crippen LogP contribution in [0.3, 0.4) is 0 Å². The summed E-state index contributed by atoms with van der Waals surface area (Å²) in [5.74, 6) is 0.0398. The Bertz CT molecular complexity index is 837. The Balaban J connectivity index is 1.75. The Labute approximate surface area is 140 Å². The van der Waals surface area contributed by atoms with Gasteiger partial charge in [-0.1, -0.05) is 18.2 Å². The van der Waals surface area contributed by atoms with Crippen molar-refractivity contribution in [1.29, 1.82) is 0 Å². The van der Waals surface area contributed by atoms with Crippen molar-refractivity contribution in [3.8, 4) is 11.3 Å². The van der Waals surface area contributed by atoms with Crippen molar-refractivity contribution in [2.24, 2.45) is 0 Å². The summed E-state index contributed by atoms with van der Waals surface area (Å²) in [5, 5.41) is 11.1. The molecule has 6 heteroatoms. The zero-order valence-electron chi connectivity index (χ0n) is 13.6. The van der Waals surface area contributed by atoms with Crippen LogP contribution in [-0.2, 0) is 6.42 Å². The van der Waals surface area contributed by atoms with Gasteiger partial charge in [0.15, 0.2) is 0 Å². The van der Waals surface area contributed by atoms with Crippen molar-refractivity contribution in [3.05, 3.63) is 65.9 Å². The summed E-state index contributed by atoms with van der Waals surface area (Å²) < 4.78 is 13.9. The zero-order valence-corrected chi connectivity index (χ0v) is 13.6. The summed E-state index contributed by atoms with van der Waals surface area (Å²) in [4.78, 5) is 8.75. The molecule has 0 aliphatic heterocycles. The topological polar surface area (TPSA) is 63.6 Å². The van der Waals surface area contributed by atoms with Gasteiger partial charge < -0.3 is 5.32 Å². The molecule has 0 aliphatic carbocycles. The summed E-state index contributed by atoms with van der Waals surface area (Å²) in [5.41, 5.74) is 3.02. The number of aryl methyl sites for hydroxylation is 1. The lowest BCUT2D eigenvalue weighted by atomic mass is 10.1. The van der Waals surface area contributed by atoms with Crippen molar-refractivity contribution >= 4 is 5.95 Å². The number of aromatic nitrogens is 4. The van der Waals surface area contributed by atoms with Crippen LogP contribution in [-0.4, -0.2) is 26.2 Å². The van der Waals surface area contributed by atoms with Gasteiger partial charge in [-0.05, 0) is 37.6 Å². The minimum atomic E-state index is -0.332. The van der Waals surface area contributed by atoms with E-state index < -0.39 is 0 Å². The van der Waals surface area contributed by atoms with Crippen molar-refractivity contribution < 1.29 is 4.39 Å². The third-order valence-electron chi connectivity index (χ3n) is 3.70. The molecule has 0 saturated carbocycles. The molecule has 1 unspecified atom stereocenters. The van der Waals surface area contributed by atoms with Crippen LogP contribution in [0.15, 0.2) is 48.8 Å². The van der Waals surface area contributed by atoms with Crippen LogP contribution in [0, 0.1) is 12.7 Å². The third-order valence-corrected chi connectivity index (χ3v) is 3.70. The average molecular weight is 323 g/mol. The van der Waals surface area contributed by atoms with Gasteiger partial charge in [-0.2, -0.15) is 5.10 Å². The zero-order chi connectivity index (χ0) is 16.9. The Morgan fingerprint density at radius 2 is 2.00 bits per heavy atom. The Morgan fingerprint density at radius 3 is 2.79 bits per heavy atom. The first-order chi connectivity index (χ1) is 11.6. The van der Waals surface area contributed by atoms with E-state index in [4.69, 9.17) is 0 Å². The fraction of sp³-hybridized carbons (Fsp3) is 0.222. The molecular formula is C18H18FN5. The Morgan fingerprint density at radius 1 is 1.17 bits per heavy atom. The largest absolute Gasteiger partial charge is 0.350 e. The molecule has 2 aromatic heterocycles. The molecule has 1 aromatic carbocycles. The molecule has 0 bridgehead atoms. The van der Waals surface area contributed by atoms with Crippen LogP contribution < -0.4 is 5.32 Å². The lowest BCUT2D eigenvalue weighted by Gasteiger charge is -2.14. The predicted octanol–water partition coefficient (Wildman–Crippen LogP) is 3.42. The number of pyridine rings is 1. The van der Waals surface area contributed by atoms with E-state index in [1.54, 1.807) is 24.4 Å². The van der Waals surface area contributed by atoms with E-state index in [0.717, 1.165) is 17.7 Å². The van der Waals surface area contributed by atoms with Crippen LogP contribution in [0.4, 0.5) is 10.3 Å². The first-order valence-electron chi connectivity index (χ1n) is 7.75. The second-order valence-corrected chi connectivity index (χ2v) is 5.66. The highest BCUT2D eigenvalue weighted by molar-refractivity contribution is 5.59. The van der Waals surface area contributed by atoms with Crippen LogP contribution in [0.1, 0.15) is 18.2 Å². The van der Waals surface area contributed by atoms with Crippen molar-refractivity contribution in [3.63, 3.8) is 0 Å². The van der Waals surface area contributed by atoms with E-state index in [-0.39, 0.29) is 11.9 Å². The molecule has 1 atom stereocenters. The first-order valence-corrected chi connectivity index (χ1v) is 7.75. The maximum absolute atomic E-state index is 13.9. The van der Waals surface area contributed by atoms with Gasteiger partial charge in [-0.25, -0.2) is 9.37 Å². The van der Waals surface area contributed by atoms with Gasteiger partial charge in [-0.15, -0.1) is 5.10 Å². The third kappa shape index (κ3) is 3.71. The van der Waals surface area contributed by atoms with Crippen molar-refractivity contribution in [1.82, 2.24) is 20.2 Å². The highest BCUT2D eigenvalue weighted by atomic mass is 19.1. The van der Waals surface area contributed by atoms with E-state index in [2.05, 4.69) is 25.5 Å². The van der Waals surface area contributed by atoms with E-state index >= 15 is 0 Å². The van der Waals surface area contributed by atoms with Gasteiger partial charge >= 0.3 is 0 Å². The van der Waals surface area contributed by atoms with Gasteiger partial charge in [0.2, 0.25) is 5.95 Å². The minimum Gasteiger partial charge on any atom is -0.350 e. The molecule has 122 valence electrons. The van der Waals surface area contributed by atoms with Crippen molar-refractivity contribution in [2.75, 3.05) is 5.32 Å². The normalized spacial score (nSPS) is 12.0. The van der Waals surface area contributed by atoms with Gasteiger partial charge in [0.1, 0.15) is 5.82 Å². The molecular weight excluding hydrogens is 305 g/mol. The molecule has 0 saturated heterocycles. The summed E-state index contributed by atoms with van der Waals surface area (Å²) in [6, 6.07) is 10.5. The highest BCUT2D eigenvalue weighted by Crippen LogP contribution is 2.20. The quantitative estimate of drug-likeness (QED) is 0.779. The lowest BCUT2D eigenvalue weighted by molar-refractivity contribution is 0.630. The van der Waals surface area contributed by atoms with Gasteiger partial charge in [0, 0.05) is 29.9 Å². The first kappa shape index (κ1) is 16.0. The van der Waals surface area contributed by atoms with Gasteiger partial charge in [0.05, 0.1) is 11.9 Å². The number of hydrogen-bond acceptors (Lipinski definition) is 5. The summed E-state index contributed by atoms with van der Waals surface area (Å²) in [7, 11) is 0. The lowest BCUT2D eigenvalue weighted by Crippen LogP contribution is -2.21. The molecule has 1 N–H and O–H groups in total. The van der Waals surface area contributed by atoms with Crippen LogP contribution in [0.25, 0.3) is 11.3 Å². The molecule has 5 nitrogen and oxygen atoms in total. The summed E-state index contributed by atoms with van der Waals surface area (Å²) in [6.07, 6.45) is 3.98. The number of nitrogens with zero attached hydrogens (tertiary/aromatic N) is 4. The number of hydrogen-bond donors (Lipinski definition) is 1. The SMILES string of the molecule is Cc1cccnc1CC(C)Nc1nncc(-c2ccccc2F)n1. The van der Waals surface area contributed by atoms with Crippen LogP contribution in [0.2, 0.25) is 0 Å². The number of nitrogens with one attached hydrogen (secondary N) is 1. The predicted molar refractivity (Wildman–Crippen MR) is 91.0 cm³/mol. The van der Waals surface area contributed by atoms with Crippen molar-refractivity contribution in [2.45, 2.75) is 26.3 Å². The molecule has 0 fully saturated rings. The number of rotatable bonds is 5. The summed E-state index contributed by atoms with van der Waals surface area (Å²) >= 11 is 0. The minimum absolute atomic E-state index is 0.0660. The number of anilines is 1. The smallest absolute Gasteiger partial charge is 0.243 e. The molecule has 0 aliphatic rings. The van der Waals surface area contributed by atoms with Gasteiger partial charge in [-0.3, -0.25) is 4.98 Å². The molecule has 3 rings (SSSR count). The fourth-order valence-corrected chi connectivity index (χ4v) is 2.46. The van der Waals surface area contributed by atoms with E-state index in [1.807, 2.05) is 26.0 Å². The van der Waals surface area contributed by atoms with E-state index in [9.17, 15) is 4.39 Å². The fourth-order valence-electron chi connectivity index (χ4n) is 2.46. The van der Waals surface area contributed by atoms with Crippen LogP contribution in [0.5, 0.6) is 0 Å². The molecule has 3 aromatic rings. The van der Waals surface area contributed by atoms with E-state index in [0.29, 0.717) is 17.2 Å². The summed E-state index contributed by atoms with van der Waals surface area (Å²) in [6.45, 7) is 4.05. The molecule has 0 spiro atoms. The van der Waals surface area contributed by atoms with Gasteiger partial charge in [0.25, 0.3) is 0 Å². The standard InChI is InChI=1S/C18H18FN5/c1-12-6-5-9-20-16(12)10-13(2)22-18-23-17(11-21-24-18)14-7-3-4-8-15(14)19/h3-9,11,13H,10H2,1-2H3,(H,22,23,24). The molecule has 24 heavy (non-hydrogen) atoms. The monoisotopic (exact) mass is 323 g/mol. The molecule has 0 radical (unpaired) electrons. The number of benzene rings is 1. The maximum atomic E-state index is 13.9. The van der Waals surface area contributed by atoms with Crippen LogP contribution >= 0.6 is 0 Å². The van der Waals surface area contributed by atoms with E-state index in [1.165, 1.54) is 12.3 Å². The maximum Gasteiger partial charge on any atom is 0.243 e. The molecule has 2 heterocycles. The second-order valence-electron chi connectivity index (χ2n) is 5.66.